The summed E-state index contributed by atoms with van der Waals surface area (Å²) >= 11 is 0. The number of azo groups is 1. The van der Waals surface area contributed by atoms with E-state index in [4.69, 9.17) is 10.5 Å². The van der Waals surface area contributed by atoms with Crippen molar-refractivity contribution in [1.82, 2.24) is 14.6 Å². The molecule has 3 rings (SSSR count). The van der Waals surface area contributed by atoms with Crippen LogP contribution in [0.25, 0.3) is 5.65 Å². The maximum atomic E-state index is 13.0. The summed E-state index contributed by atoms with van der Waals surface area (Å²) in [4.78, 5) is 13.8. The van der Waals surface area contributed by atoms with Crippen molar-refractivity contribution in [2.24, 2.45) is 10.2 Å². The SMILES string of the molecule is COc1ccc(N=Nc2c(N)nn3c(C(F)(F)F)cc(=O)[nH]c23)cc1. The fourth-order valence-corrected chi connectivity index (χ4v) is 2.11. The first kappa shape index (κ1) is 16.5. The van der Waals surface area contributed by atoms with Gasteiger partial charge >= 0.3 is 6.18 Å². The molecule has 0 amide bonds. The highest BCUT2D eigenvalue weighted by molar-refractivity contribution is 5.75. The van der Waals surface area contributed by atoms with E-state index in [0.717, 1.165) is 0 Å². The molecule has 0 saturated carbocycles. The van der Waals surface area contributed by atoms with Crippen LogP contribution < -0.4 is 16.0 Å². The van der Waals surface area contributed by atoms with Crippen LogP contribution >= 0.6 is 0 Å². The second-order valence-electron chi connectivity index (χ2n) is 4.91. The number of benzene rings is 1. The van der Waals surface area contributed by atoms with Crippen LogP contribution in [0.1, 0.15) is 5.69 Å². The predicted molar refractivity (Wildman–Crippen MR) is 82.4 cm³/mol. The smallest absolute Gasteiger partial charge is 0.433 e. The van der Waals surface area contributed by atoms with Crippen LogP contribution in [0.15, 0.2) is 45.4 Å². The normalized spacial score (nSPS) is 12.2. The third-order valence-corrected chi connectivity index (χ3v) is 3.25. The maximum absolute atomic E-state index is 13.0. The Bertz CT molecular complexity index is 1000. The van der Waals surface area contributed by atoms with E-state index < -0.39 is 17.4 Å². The number of methoxy groups -OCH3 is 1. The minimum Gasteiger partial charge on any atom is -0.497 e. The van der Waals surface area contributed by atoms with Gasteiger partial charge in [-0.2, -0.15) is 18.3 Å². The van der Waals surface area contributed by atoms with Crippen LogP contribution in [-0.2, 0) is 6.18 Å². The van der Waals surface area contributed by atoms with Gasteiger partial charge in [0.05, 0.1) is 12.8 Å². The minimum absolute atomic E-state index is 0.168. The molecule has 0 atom stereocenters. The highest BCUT2D eigenvalue weighted by Gasteiger charge is 2.35. The van der Waals surface area contributed by atoms with E-state index in [-0.39, 0.29) is 17.2 Å². The molecular formula is C14H11F3N6O2. The number of ether oxygens (including phenoxy) is 1. The lowest BCUT2D eigenvalue weighted by Gasteiger charge is -2.07. The van der Waals surface area contributed by atoms with E-state index in [9.17, 15) is 18.0 Å². The van der Waals surface area contributed by atoms with Gasteiger partial charge in [0.1, 0.15) is 5.75 Å². The number of rotatable bonds is 3. The van der Waals surface area contributed by atoms with Crippen molar-refractivity contribution in [3.63, 3.8) is 0 Å². The van der Waals surface area contributed by atoms with E-state index in [1.807, 2.05) is 0 Å². The summed E-state index contributed by atoms with van der Waals surface area (Å²) in [6.45, 7) is 0. The van der Waals surface area contributed by atoms with Crippen molar-refractivity contribution in [3.05, 3.63) is 46.4 Å². The van der Waals surface area contributed by atoms with Crippen molar-refractivity contribution >= 4 is 22.8 Å². The first-order valence-electron chi connectivity index (χ1n) is 6.84. The molecule has 8 nitrogen and oxygen atoms in total. The minimum atomic E-state index is -4.78. The molecule has 2 aromatic heterocycles. The van der Waals surface area contributed by atoms with Crippen LogP contribution in [0.5, 0.6) is 5.75 Å². The molecule has 0 aliphatic rings. The monoisotopic (exact) mass is 352 g/mol. The van der Waals surface area contributed by atoms with Gasteiger partial charge < -0.3 is 15.5 Å². The number of nitrogens with zero attached hydrogens (tertiary/aromatic N) is 4. The number of fused-ring (bicyclic) bond motifs is 1. The van der Waals surface area contributed by atoms with Gasteiger partial charge in [-0.15, -0.1) is 10.2 Å². The molecule has 0 fully saturated rings. The molecule has 0 radical (unpaired) electrons. The zero-order chi connectivity index (χ0) is 18.2. The molecule has 0 saturated heterocycles. The number of halogens is 3. The number of nitrogens with two attached hydrogens (primary N) is 1. The van der Waals surface area contributed by atoms with Crippen LogP contribution in [0.3, 0.4) is 0 Å². The lowest BCUT2D eigenvalue weighted by atomic mass is 10.3. The van der Waals surface area contributed by atoms with Gasteiger partial charge in [-0.3, -0.25) is 4.79 Å². The summed E-state index contributed by atoms with van der Waals surface area (Å²) < 4.78 is 44.6. The third-order valence-electron chi connectivity index (χ3n) is 3.25. The van der Waals surface area contributed by atoms with Gasteiger partial charge in [0, 0.05) is 6.07 Å². The van der Waals surface area contributed by atoms with Crippen molar-refractivity contribution < 1.29 is 17.9 Å². The molecule has 11 heteroatoms. The quantitative estimate of drug-likeness (QED) is 0.706. The van der Waals surface area contributed by atoms with Crippen molar-refractivity contribution in [2.75, 3.05) is 12.8 Å². The summed E-state index contributed by atoms with van der Waals surface area (Å²) in [6, 6.07) is 6.85. The van der Waals surface area contributed by atoms with Crippen LogP contribution in [0.2, 0.25) is 0 Å². The lowest BCUT2D eigenvalue weighted by molar-refractivity contribution is -0.142. The molecule has 130 valence electrons. The van der Waals surface area contributed by atoms with Crippen molar-refractivity contribution in [2.45, 2.75) is 6.18 Å². The number of nitrogen functional groups attached to an aromatic ring is 1. The molecule has 0 aliphatic carbocycles. The third kappa shape index (κ3) is 3.16. The van der Waals surface area contributed by atoms with Crippen LogP contribution in [-0.4, -0.2) is 21.7 Å². The first-order chi connectivity index (χ1) is 11.8. The molecule has 3 N–H and O–H groups in total. The Balaban J connectivity index is 2.10. The molecule has 0 aliphatic heterocycles. The summed E-state index contributed by atoms with van der Waals surface area (Å²) in [5.74, 6) is 0.304. The zero-order valence-corrected chi connectivity index (χ0v) is 12.7. The number of aromatic nitrogens is 3. The van der Waals surface area contributed by atoms with Gasteiger partial charge in [0.15, 0.2) is 22.8 Å². The number of hydrogen-bond donors (Lipinski definition) is 2. The van der Waals surface area contributed by atoms with E-state index in [1.165, 1.54) is 7.11 Å². The molecule has 25 heavy (non-hydrogen) atoms. The largest absolute Gasteiger partial charge is 0.497 e. The predicted octanol–water partition coefficient (Wildman–Crippen LogP) is 3.05. The Morgan fingerprint density at radius 1 is 1.24 bits per heavy atom. The number of nitrogens with one attached hydrogen (secondary N) is 1. The topological polar surface area (TPSA) is 110 Å². The van der Waals surface area contributed by atoms with Crippen molar-refractivity contribution in [3.8, 4) is 5.75 Å². The van der Waals surface area contributed by atoms with E-state index in [1.54, 1.807) is 24.3 Å². The van der Waals surface area contributed by atoms with Crippen molar-refractivity contribution in [1.29, 1.82) is 0 Å². The summed E-state index contributed by atoms with van der Waals surface area (Å²) in [6.07, 6.45) is -4.78. The Labute approximate surface area is 137 Å². The molecule has 3 aromatic rings. The molecule has 0 spiro atoms. The Kier molecular flexibility index (Phi) is 3.91. The Morgan fingerprint density at radius 3 is 2.52 bits per heavy atom. The number of H-pyrrole nitrogens is 1. The Hall–Kier alpha value is -3.37. The number of anilines is 1. The molecular weight excluding hydrogens is 341 g/mol. The van der Waals surface area contributed by atoms with Gasteiger partial charge in [-0.1, -0.05) is 0 Å². The first-order valence-corrected chi connectivity index (χ1v) is 6.84. The van der Waals surface area contributed by atoms with Gasteiger partial charge in [0.2, 0.25) is 0 Å². The Morgan fingerprint density at radius 2 is 1.92 bits per heavy atom. The van der Waals surface area contributed by atoms with Gasteiger partial charge in [-0.25, -0.2) is 4.52 Å². The van der Waals surface area contributed by atoms with Gasteiger partial charge in [-0.05, 0) is 24.3 Å². The maximum Gasteiger partial charge on any atom is 0.433 e. The van der Waals surface area contributed by atoms with E-state index >= 15 is 0 Å². The second kappa shape index (κ2) is 5.92. The van der Waals surface area contributed by atoms with Gasteiger partial charge in [0.25, 0.3) is 5.56 Å². The second-order valence-corrected chi connectivity index (χ2v) is 4.91. The summed E-state index contributed by atoms with van der Waals surface area (Å²) in [5.41, 5.74) is 3.36. The van der Waals surface area contributed by atoms with E-state index in [2.05, 4.69) is 20.3 Å². The average Bonchev–Trinajstić information content (AvgIpc) is 2.87. The van der Waals surface area contributed by atoms with E-state index in [0.29, 0.717) is 22.0 Å². The van der Waals surface area contributed by atoms with Crippen LogP contribution in [0.4, 0.5) is 30.4 Å². The fraction of sp³-hybridized carbons (Fsp3) is 0.143. The van der Waals surface area contributed by atoms with Crippen LogP contribution in [0, 0.1) is 0 Å². The molecule has 2 heterocycles. The standard InChI is InChI=1S/C14H11F3N6O2/c1-25-8-4-2-7(3-5-8)20-21-11-12(18)22-23-9(14(15,16)17)6-10(24)19-13(11)23/h2-6H,1H3,(H2,18,22)(H,19,24). The zero-order valence-electron chi connectivity index (χ0n) is 12.7. The molecule has 1 aromatic carbocycles. The number of alkyl halides is 3. The summed E-state index contributed by atoms with van der Waals surface area (Å²) in [5, 5.41) is 11.3. The molecule has 0 bridgehead atoms. The highest BCUT2D eigenvalue weighted by atomic mass is 19.4. The average molecular weight is 352 g/mol. The number of aromatic amines is 1. The lowest BCUT2D eigenvalue weighted by Crippen LogP contribution is -2.19. The number of hydrogen-bond acceptors (Lipinski definition) is 6. The fourth-order valence-electron chi connectivity index (χ4n) is 2.11. The molecule has 0 unspecified atom stereocenters. The summed E-state index contributed by atoms with van der Waals surface area (Å²) in [7, 11) is 1.50. The highest BCUT2D eigenvalue weighted by Crippen LogP contribution is 2.33.